The molecule has 21 heavy (non-hydrogen) atoms. The summed E-state index contributed by atoms with van der Waals surface area (Å²) < 4.78 is 10.8. The summed E-state index contributed by atoms with van der Waals surface area (Å²) in [5, 5.41) is 28.6. The van der Waals surface area contributed by atoms with Crippen LogP contribution in [-0.4, -0.2) is 59.6 Å². The van der Waals surface area contributed by atoms with E-state index in [4.69, 9.17) is 14.6 Å². The minimum atomic E-state index is -1.09. The highest BCUT2D eigenvalue weighted by Gasteiger charge is 2.38. The molecule has 0 aliphatic carbocycles. The van der Waals surface area contributed by atoms with Gasteiger partial charge >= 0.3 is 0 Å². The number of aliphatic hydroxyl groups excluding tert-OH is 3. The summed E-state index contributed by atoms with van der Waals surface area (Å²) >= 11 is 0. The van der Waals surface area contributed by atoms with E-state index >= 15 is 0 Å². The Morgan fingerprint density at radius 1 is 1.10 bits per heavy atom. The molecule has 124 valence electrons. The Hall–Kier alpha value is -0.460. The Morgan fingerprint density at radius 3 is 2.57 bits per heavy atom. The molecule has 0 radical (unpaired) electrons. The Labute approximate surface area is 127 Å². The predicted molar refractivity (Wildman–Crippen MR) is 81.1 cm³/mol. The Kier molecular flexibility index (Phi) is 9.87. The van der Waals surface area contributed by atoms with E-state index in [0.29, 0.717) is 6.61 Å². The fourth-order valence-electron chi connectivity index (χ4n) is 2.34. The fraction of sp³-hybridized carbons (Fsp3) is 0.875. The molecular formula is C16H30O5. The second kappa shape index (κ2) is 11.2. The van der Waals surface area contributed by atoms with Crippen LogP contribution in [0.25, 0.3) is 0 Å². The maximum absolute atomic E-state index is 9.89. The molecule has 5 nitrogen and oxygen atoms in total. The highest BCUT2D eigenvalue weighted by atomic mass is 16.6. The number of unbranched alkanes of at least 4 members (excludes halogenated alkanes) is 4. The molecule has 0 saturated carbocycles. The normalized spacial score (nSPS) is 30.1. The first-order valence-electron chi connectivity index (χ1n) is 8.05. The van der Waals surface area contributed by atoms with Crippen molar-refractivity contribution < 1.29 is 24.8 Å². The molecule has 1 aliphatic heterocycles. The summed E-state index contributed by atoms with van der Waals surface area (Å²) in [6, 6.07) is 0. The summed E-state index contributed by atoms with van der Waals surface area (Å²) in [6.07, 6.45) is 7.77. The second-order valence-electron chi connectivity index (χ2n) is 5.55. The van der Waals surface area contributed by atoms with E-state index in [9.17, 15) is 10.2 Å². The fourth-order valence-corrected chi connectivity index (χ4v) is 2.34. The third-order valence-corrected chi connectivity index (χ3v) is 3.74. The maximum Gasteiger partial charge on any atom is 0.111 e. The number of allylic oxidation sites excluding steroid dienone is 2. The third-order valence-electron chi connectivity index (χ3n) is 3.74. The SMILES string of the molecule is CCC/C=C/CCCCCO[C@@H]1CO[C@@H](CO)[C@H](O)[C@H]1O. The number of aliphatic hydroxyl groups is 3. The Morgan fingerprint density at radius 2 is 1.86 bits per heavy atom. The molecule has 0 bridgehead atoms. The minimum Gasteiger partial charge on any atom is -0.394 e. The van der Waals surface area contributed by atoms with E-state index in [2.05, 4.69) is 19.1 Å². The van der Waals surface area contributed by atoms with Gasteiger partial charge < -0.3 is 24.8 Å². The van der Waals surface area contributed by atoms with Crippen molar-refractivity contribution in [3.63, 3.8) is 0 Å². The third kappa shape index (κ3) is 6.89. The summed E-state index contributed by atoms with van der Waals surface area (Å²) in [5.74, 6) is 0. The van der Waals surface area contributed by atoms with Gasteiger partial charge in [0.1, 0.15) is 24.4 Å². The van der Waals surface area contributed by atoms with Gasteiger partial charge in [-0.05, 0) is 25.7 Å². The zero-order valence-corrected chi connectivity index (χ0v) is 13.0. The topological polar surface area (TPSA) is 79.2 Å². The summed E-state index contributed by atoms with van der Waals surface area (Å²) in [4.78, 5) is 0. The van der Waals surface area contributed by atoms with Gasteiger partial charge in [-0.2, -0.15) is 0 Å². The van der Waals surface area contributed by atoms with Gasteiger partial charge in [-0.15, -0.1) is 0 Å². The van der Waals surface area contributed by atoms with Crippen molar-refractivity contribution in [3.05, 3.63) is 12.2 Å². The zero-order valence-electron chi connectivity index (χ0n) is 13.0. The van der Waals surface area contributed by atoms with Crippen LogP contribution in [0.4, 0.5) is 0 Å². The lowest BCUT2D eigenvalue weighted by atomic mass is 10.0. The summed E-state index contributed by atoms with van der Waals surface area (Å²) in [5.41, 5.74) is 0. The molecule has 1 aliphatic rings. The van der Waals surface area contributed by atoms with Crippen molar-refractivity contribution in [1.82, 2.24) is 0 Å². The van der Waals surface area contributed by atoms with Gasteiger partial charge in [0.2, 0.25) is 0 Å². The van der Waals surface area contributed by atoms with Crippen LogP contribution in [0.15, 0.2) is 12.2 Å². The van der Waals surface area contributed by atoms with Crippen molar-refractivity contribution in [2.24, 2.45) is 0 Å². The van der Waals surface area contributed by atoms with Gasteiger partial charge in [0.25, 0.3) is 0 Å². The highest BCUT2D eigenvalue weighted by Crippen LogP contribution is 2.18. The monoisotopic (exact) mass is 302 g/mol. The lowest BCUT2D eigenvalue weighted by Gasteiger charge is -2.36. The number of hydrogen-bond acceptors (Lipinski definition) is 5. The summed E-state index contributed by atoms with van der Waals surface area (Å²) in [6.45, 7) is 2.64. The van der Waals surface area contributed by atoms with Crippen LogP contribution in [0.2, 0.25) is 0 Å². The first kappa shape index (κ1) is 18.6. The average Bonchev–Trinajstić information content (AvgIpc) is 2.50. The first-order valence-corrected chi connectivity index (χ1v) is 8.05. The smallest absolute Gasteiger partial charge is 0.111 e. The van der Waals surface area contributed by atoms with E-state index in [1.54, 1.807) is 0 Å². The number of ether oxygens (including phenoxy) is 2. The Bertz CT molecular complexity index is 282. The quantitative estimate of drug-likeness (QED) is 0.420. The van der Waals surface area contributed by atoms with Gasteiger partial charge in [-0.1, -0.05) is 31.9 Å². The van der Waals surface area contributed by atoms with Crippen LogP contribution in [0.1, 0.15) is 45.4 Å². The van der Waals surface area contributed by atoms with Gasteiger partial charge in [0.05, 0.1) is 13.2 Å². The first-order chi connectivity index (χ1) is 10.2. The second-order valence-corrected chi connectivity index (χ2v) is 5.55. The molecule has 4 atom stereocenters. The van der Waals surface area contributed by atoms with Gasteiger partial charge in [0.15, 0.2) is 0 Å². The molecule has 0 amide bonds. The Balaban J connectivity index is 2.05. The van der Waals surface area contributed by atoms with Gasteiger partial charge in [-0.25, -0.2) is 0 Å². The average molecular weight is 302 g/mol. The van der Waals surface area contributed by atoms with Crippen molar-refractivity contribution in [2.45, 2.75) is 69.9 Å². The molecule has 5 heteroatoms. The molecular weight excluding hydrogens is 272 g/mol. The van der Waals surface area contributed by atoms with E-state index < -0.39 is 24.4 Å². The molecule has 0 aromatic carbocycles. The molecule has 0 spiro atoms. The van der Waals surface area contributed by atoms with Crippen molar-refractivity contribution in [1.29, 1.82) is 0 Å². The summed E-state index contributed by atoms with van der Waals surface area (Å²) in [7, 11) is 0. The highest BCUT2D eigenvalue weighted by molar-refractivity contribution is 4.87. The molecule has 0 unspecified atom stereocenters. The minimum absolute atomic E-state index is 0.212. The van der Waals surface area contributed by atoms with E-state index in [1.165, 1.54) is 6.42 Å². The van der Waals surface area contributed by atoms with E-state index in [1.807, 2.05) is 0 Å². The van der Waals surface area contributed by atoms with Crippen LogP contribution in [0.3, 0.4) is 0 Å². The van der Waals surface area contributed by atoms with Crippen molar-refractivity contribution in [3.8, 4) is 0 Å². The number of rotatable bonds is 10. The van der Waals surface area contributed by atoms with Crippen molar-refractivity contribution >= 4 is 0 Å². The lowest BCUT2D eigenvalue weighted by molar-refractivity contribution is -0.208. The molecule has 1 saturated heterocycles. The van der Waals surface area contributed by atoms with Crippen LogP contribution in [0, 0.1) is 0 Å². The van der Waals surface area contributed by atoms with E-state index in [-0.39, 0.29) is 13.2 Å². The standard InChI is InChI=1S/C16H30O5/c1-2-3-4-5-6-7-8-9-10-20-14-12-21-13(11-17)15(18)16(14)19/h4-5,13-19H,2-3,6-12H2,1H3/b5-4+/t13-,14+,15-,16-/m0/s1. The maximum atomic E-state index is 9.89. The largest absolute Gasteiger partial charge is 0.394 e. The number of hydrogen-bond donors (Lipinski definition) is 3. The molecule has 1 fully saturated rings. The molecule has 3 N–H and O–H groups in total. The van der Waals surface area contributed by atoms with Crippen LogP contribution >= 0.6 is 0 Å². The van der Waals surface area contributed by atoms with Gasteiger partial charge in [0, 0.05) is 6.61 Å². The van der Waals surface area contributed by atoms with Crippen LogP contribution < -0.4 is 0 Å². The molecule has 1 rings (SSSR count). The van der Waals surface area contributed by atoms with Crippen molar-refractivity contribution in [2.75, 3.05) is 19.8 Å². The predicted octanol–water partition coefficient (Wildman–Crippen LogP) is 1.40. The molecule has 1 heterocycles. The van der Waals surface area contributed by atoms with Crippen LogP contribution in [-0.2, 0) is 9.47 Å². The van der Waals surface area contributed by atoms with Gasteiger partial charge in [-0.3, -0.25) is 0 Å². The lowest BCUT2D eigenvalue weighted by Crippen LogP contribution is -2.55. The molecule has 0 aromatic rings. The van der Waals surface area contributed by atoms with E-state index in [0.717, 1.165) is 32.1 Å². The van der Waals surface area contributed by atoms with Crippen LogP contribution in [0.5, 0.6) is 0 Å². The molecule has 0 aromatic heterocycles. The zero-order chi connectivity index (χ0) is 15.5.